The maximum atomic E-state index is 13.8. The van der Waals surface area contributed by atoms with Crippen LogP contribution < -0.4 is 22.9 Å². The highest BCUT2D eigenvalue weighted by Gasteiger charge is 2.26. The highest BCUT2D eigenvalue weighted by Crippen LogP contribution is 2.32. The summed E-state index contributed by atoms with van der Waals surface area (Å²) in [6.45, 7) is 0. The van der Waals surface area contributed by atoms with E-state index < -0.39 is 23.0 Å². The largest absolute Gasteiger partial charge is 0.307 e. The molecule has 0 atom stereocenters. The third kappa shape index (κ3) is 2.46. The van der Waals surface area contributed by atoms with Crippen molar-refractivity contribution in [2.75, 3.05) is 0 Å². The van der Waals surface area contributed by atoms with E-state index in [1.807, 2.05) is 0 Å². The number of hydrogen-bond acceptors (Lipinski definition) is 4. The van der Waals surface area contributed by atoms with Crippen molar-refractivity contribution in [3.05, 3.63) is 59.3 Å². The van der Waals surface area contributed by atoms with Gasteiger partial charge in [0.15, 0.2) is 0 Å². The molecule has 0 aromatic carbocycles. The molecule has 0 saturated heterocycles. The lowest BCUT2D eigenvalue weighted by Crippen LogP contribution is -2.47. The highest BCUT2D eigenvalue weighted by molar-refractivity contribution is 5.57. The van der Waals surface area contributed by atoms with E-state index in [-0.39, 0.29) is 11.1 Å². The average Bonchev–Trinajstić information content (AvgIpc) is 2.17. The molecule has 0 bridgehead atoms. The molecule has 0 radical (unpaired) electrons. The van der Waals surface area contributed by atoms with Crippen LogP contribution in [-0.2, 0) is 0 Å². The Morgan fingerprint density at radius 1 is 0.722 bits per heavy atom. The van der Waals surface area contributed by atoms with Crippen LogP contribution in [0, 0.1) is 0 Å². The van der Waals surface area contributed by atoms with Crippen LogP contribution in [0.5, 0.6) is 0 Å². The quantitative estimate of drug-likeness (QED) is 0.467. The first-order valence-electron chi connectivity index (χ1n) is 5.26. The molecule has 0 heterocycles. The fourth-order valence-electron chi connectivity index (χ4n) is 1.74. The van der Waals surface area contributed by atoms with Crippen LogP contribution in [-0.4, -0.2) is 11.3 Å². The van der Waals surface area contributed by atoms with E-state index in [0.29, 0.717) is 0 Å². The summed E-state index contributed by atoms with van der Waals surface area (Å²) in [5.74, 6) is -1.38. The van der Waals surface area contributed by atoms with Gasteiger partial charge in [0, 0.05) is 11.1 Å². The van der Waals surface area contributed by atoms with Crippen molar-refractivity contribution < 1.29 is 8.78 Å². The molecule has 2 aliphatic rings. The van der Waals surface area contributed by atoms with Crippen molar-refractivity contribution in [1.29, 1.82) is 0 Å². The Bertz CT molecular complexity index is 488. The van der Waals surface area contributed by atoms with E-state index >= 15 is 0 Å². The van der Waals surface area contributed by atoms with Crippen LogP contribution in [0.3, 0.4) is 0 Å². The SMILES string of the molecule is NC1(N)C=CC(=C2C=CC(N)(N)C=C2F)C(F)=C1. The van der Waals surface area contributed by atoms with Gasteiger partial charge in [-0.15, -0.1) is 0 Å². The second-order valence-corrected chi connectivity index (χ2v) is 4.48. The fourth-order valence-corrected chi connectivity index (χ4v) is 1.74. The van der Waals surface area contributed by atoms with Gasteiger partial charge in [0.25, 0.3) is 0 Å². The summed E-state index contributed by atoms with van der Waals surface area (Å²) in [5.41, 5.74) is 19.5. The van der Waals surface area contributed by atoms with Gasteiger partial charge >= 0.3 is 0 Å². The Morgan fingerprint density at radius 2 is 1.06 bits per heavy atom. The molecule has 2 rings (SSSR count). The molecule has 0 unspecified atom stereocenters. The molecule has 2 aliphatic carbocycles. The van der Waals surface area contributed by atoms with Crippen LogP contribution in [0.2, 0.25) is 0 Å². The molecule has 0 spiro atoms. The van der Waals surface area contributed by atoms with E-state index in [2.05, 4.69) is 0 Å². The second-order valence-electron chi connectivity index (χ2n) is 4.48. The van der Waals surface area contributed by atoms with Gasteiger partial charge in [0.2, 0.25) is 0 Å². The highest BCUT2D eigenvalue weighted by atomic mass is 19.1. The Kier molecular flexibility index (Phi) is 2.83. The van der Waals surface area contributed by atoms with E-state index in [0.717, 1.165) is 12.2 Å². The molecular weight excluding hydrogens is 238 g/mol. The third-order valence-electron chi connectivity index (χ3n) is 2.64. The van der Waals surface area contributed by atoms with Gasteiger partial charge in [-0.05, 0) is 24.3 Å². The van der Waals surface area contributed by atoms with Crippen LogP contribution in [0.1, 0.15) is 0 Å². The molecule has 96 valence electrons. The lowest BCUT2D eigenvalue weighted by Gasteiger charge is -2.24. The number of hydrogen-bond donors (Lipinski definition) is 4. The van der Waals surface area contributed by atoms with E-state index in [4.69, 9.17) is 22.9 Å². The van der Waals surface area contributed by atoms with Gasteiger partial charge in [-0.2, -0.15) is 0 Å². The number of nitrogens with two attached hydrogens (primary N) is 4. The summed E-state index contributed by atoms with van der Waals surface area (Å²) < 4.78 is 27.6. The first-order valence-corrected chi connectivity index (χ1v) is 5.26. The number of rotatable bonds is 0. The van der Waals surface area contributed by atoms with Crippen LogP contribution in [0.15, 0.2) is 59.3 Å². The number of halogens is 2. The molecule has 0 amide bonds. The molecular formula is C12H14F2N4. The van der Waals surface area contributed by atoms with Crippen molar-refractivity contribution >= 4 is 0 Å². The van der Waals surface area contributed by atoms with Gasteiger partial charge < -0.3 is 22.9 Å². The van der Waals surface area contributed by atoms with Gasteiger partial charge in [0.05, 0.1) is 0 Å². The minimum absolute atomic E-state index is 0.0574. The lowest BCUT2D eigenvalue weighted by molar-refractivity contribution is 0.582. The maximum absolute atomic E-state index is 13.8. The molecule has 6 heteroatoms. The van der Waals surface area contributed by atoms with Crippen molar-refractivity contribution in [2.24, 2.45) is 22.9 Å². The lowest BCUT2D eigenvalue weighted by atomic mass is 9.92. The monoisotopic (exact) mass is 252 g/mol. The zero-order chi connectivity index (χ0) is 13.6. The smallest absolute Gasteiger partial charge is 0.130 e. The van der Waals surface area contributed by atoms with Crippen molar-refractivity contribution in [1.82, 2.24) is 0 Å². The molecule has 0 aromatic rings. The van der Waals surface area contributed by atoms with Crippen molar-refractivity contribution in [3.8, 4) is 0 Å². The molecule has 0 aromatic heterocycles. The minimum atomic E-state index is -1.36. The first kappa shape index (κ1) is 12.8. The van der Waals surface area contributed by atoms with Crippen molar-refractivity contribution in [3.63, 3.8) is 0 Å². The average molecular weight is 252 g/mol. The minimum Gasteiger partial charge on any atom is -0.307 e. The zero-order valence-electron chi connectivity index (χ0n) is 9.53. The first-order chi connectivity index (χ1) is 8.20. The molecule has 4 nitrogen and oxygen atoms in total. The predicted molar refractivity (Wildman–Crippen MR) is 65.9 cm³/mol. The number of allylic oxidation sites excluding steroid dienone is 6. The summed E-state index contributed by atoms with van der Waals surface area (Å²) in [5, 5.41) is 0. The summed E-state index contributed by atoms with van der Waals surface area (Å²) in [6, 6.07) is 0. The summed E-state index contributed by atoms with van der Waals surface area (Å²) in [7, 11) is 0. The van der Waals surface area contributed by atoms with Gasteiger partial charge in [-0.1, -0.05) is 12.2 Å². The van der Waals surface area contributed by atoms with E-state index in [9.17, 15) is 8.78 Å². The Hall–Kier alpha value is -1.60. The van der Waals surface area contributed by atoms with Crippen molar-refractivity contribution in [2.45, 2.75) is 11.3 Å². The Balaban J connectivity index is 2.47. The Morgan fingerprint density at radius 3 is 1.33 bits per heavy atom. The molecule has 8 N–H and O–H groups in total. The molecule has 0 aliphatic heterocycles. The predicted octanol–water partition coefficient (Wildman–Crippen LogP) is 0.357. The maximum Gasteiger partial charge on any atom is 0.130 e. The summed E-state index contributed by atoms with van der Waals surface area (Å²) in [6.07, 6.45) is 7.47. The van der Waals surface area contributed by atoms with Crippen LogP contribution >= 0.6 is 0 Å². The zero-order valence-corrected chi connectivity index (χ0v) is 9.53. The van der Waals surface area contributed by atoms with E-state index in [1.165, 1.54) is 24.3 Å². The third-order valence-corrected chi connectivity index (χ3v) is 2.64. The van der Waals surface area contributed by atoms with Gasteiger partial charge in [-0.25, -0.2) is 8.78 Å². The summed E-state index contributed by atoms with van der Waals surface area (Å²) >= 11 is 0. The van der Waals surface area contributed by atoms with Gasteiger partial charge in [0.1, 0.15) is 23.0 Å². The second kappa shape index (κ2) is 3.96. The van der Waals surface area contributed by atoms with Crippen LogP contribution in [0.25, 0.3) is 0 Å². The topological polar surface area (TPSA) is 104 Å². The fraction of sp³-hybridized carbons (Fsp3) is 0.167. The Labute approximate surface area is 103 Å². The molecule has 0 saturated carbocycles. The molecule has 18 heavy (non-hydrogen) atoms. The summed E-state index contributed by atoms with van der Waals surface area (Å²) in [4.78, 5) is 0. The van der Waals surface area contributed by atoms with Crippen LogP contribution in [0.4, 0.5) is 8.78 Å². The van der Waals surface area contributed by atoms with E-state index in [1.54, 1.807) is 0 Å². The van der Waals surface area contributed by atoms with Gasteiger partial charge in [-0.3, -0.25) is 0 Å². The normalized spacial score (nSPS) is 29.0. The standard InChI is InChI=1S/C12H14F2N4/c13-9-5-11(15,16)3-1-7(9)8-2-4-12(17,18)6-10(8)14/h1-6H,15-18H2. The molecule has 0 fully saturated rings.